The number of hydrogen-bond acceptors (Lipinski definition) is 3. The molecule has 21 heavy (non-hydrogen) atoms. The molecule has 2 aromatic rings. The van der Waals surface area contributed by atoms with E-state index < -0.39 is 0 Å². The highest BCUT2D eigenvalue weighted by Gasteiger charge is 2.31. The summed E-state index contributed by atoms with van der Waals surface area (Å²) >= 11 is 11.7. The van der Waals surface area contributed by atoms with Gasteiger partial charge in [0.15, 0.2) is 0 Å². The van der Waals surface area contributed by atoms with Crippen molar-refractivity contribution in [2.24, 2.45) is 0 Å². The average Bonchev–Trinajstić information content (AvgIpc) is 2.41. The van der Waals surface area contributed by atoms with Crippen molar-refractivity contribution in [3.8, 4) is 5.75 Å². The zero-order valence-electron chi connectivity index (χ0n) is 11.3. The van der Waals surface area contributed by atoms with Crippen molar-refractivity contribution in [1.82, 2.24) is 4.98 Å². The molecule has 0 saturated heterocycles. The van der Waals surface area contributed by atoms with Gasteiger partial charge in [-0.15, -0.1) is 0 Å². The number of rotatable bonds is 5. The molecule has 0 atom stereocenters. The van der Waals surface area contributed by atoms with E-state index in [0.717, 1.165) is 12.8 Å². The minimum Gasteiger partial charge on any atom is -0.490 e. The highest BCUT2D eigenvalue weighted by molar-refractivity contribution is 6.32. The van der Waals surface area contributed by atoms with Crippen LogP contribution in [0.3, 0.4) is 0 Å². The van der Waals surface area contributed by atoms with Gasteiger partial charge in [0.05, 0.1) is 12.7 Å². The number of nitrogens with zero attached hydrogens (tertiary/aromatic N) is 1. The third-order valence-electron chi connectivity index (χ3n) is 3.42. The Kier molecular flexibility index (Phi) is 4.63. The van der Waals surface area contributed by atoms with Gasteiger partial charge in [0.25, 0.3) is 0 Å². The second kappa shape index (κ2) is 6.65. The molecule has 1 aromatic heterocycles. The quantitative estimate of drug-likeness (QED) is 0.758. The van der Waals surface area contributed by atoms with Crippen molar-refractivity contribution in [1.29, 1.82) is 0 Å². The van der Waals surface area contributed by atoms with Gasteiger partial charge in [0, 0.05) is 25.0 Å². The van der Waals surface area contributed by atoms with Gasteiger partial charge < -0.3 is 9.47 Å². The number of halogens is 2. The lowest BCUT2D eigenvalue weighted by atomic mass is 9.92. The molecule has 0 bridgehead atoms. The molecule has 5 heteroatoms. The topological polar surface area (TPSA) is 31.4 Å². The highest BCUT2D eigenvalue weighted by Crippen LogP contribution is 2.30. The lowest BCUT2D eigenvalue weighted by molar-refractivity contribution is -0.0683. The molecule has 3 nitrogen and oxygen atoms in total. The SMILES string of the molecule is Clc1cc(OC2CC(OCc3ccccc3)C2)cc(Cl)n1. The van der Waals surface area contributed by atoms with Crippen molar-refractivity contribution < 1.29 is 9.47 Å². The third-order valence-corrected chi connectivity index (χ3v) is 3.81. The van der Waals surface area contributed by atoms with Crippen LogP contribution >= 0.6 is 23.2 Å². The predicted octanol–water partition coefficient (Wildman–Crippen LogP) is 4.52. The van der Waals surface area contributed by atoms with Crippen LogP contribution in [-0.4, -0.2) is 17.2 Å². The lowest BCUT2D eigenvalue weighted by Gasteiger charge is -2.35. The fourth-order valence-corrected chi connectivity index (χ4v) is 2.68. The molecule has 0 aliphatic heterocycles. The Morgan fingerprint density at radius 1 is 1.00 bits per heavy atom. The van der Waals surface area contributed by atoms with E-state index in [1.54, 1.807) is 12.1 Å². The first-order chi connectivity index (χ1) is 10.2. The Morgan fingerprint density at radius 3 is 2.33 bits per heavy atom. The van der Waals surface area contributed by atoms with Gasteiger partial charge in [-0.3, -0.25) is 0 Å². The normalized spacial score (nSPS) is 20.9. The summed E-state index contributed by atoms with van der Waals surface area (Å²) in [6.45, 7) is 0.644. The van der Waals surface area contributed by atoms with Gasteiger partial charge >= 0.3 is 0 Å². The molecule has 1 aliphatic rings. The van der Waals surface area contributed by atoms with Gasteiger partial charge in [-0.2, -0.15) is 0 Å². The van der Waals surface area contributed by atoms with Crippen LogP contribution in [-0.2, 0) is 11.3 Å². The first kappa shape index (κ1) is 14.6. The summed E-state index contributed by atoms with van der Waals surface area (Å²) in [5.41, 5.74) is 1.19. The first-order valence-corrected chi connectivity index (χ1v) is 7.60. The van der Waals surface area contributed by atoms with E-state index in [4.69, 9.17) is 32.7 Å². The molecular formula is C16H15Cl2NO2. The van der Waals surface area contributed by atoms with E-state index in [9.17, 15) is 0 Å². The van der Waals surface area contributed by atoms with Crippen LogP contribution in [0.25, 0.3) is 0 Å². The highest BCUT2D eigenvalue weighted by atomic mass is 35.5. The summed E-state index contributed by atoms with van der Waals surface area (Å²) in [5.74, 6) is 0.659. The molecule has 0 spiro atoms. The standard InChI is InChI=1S/C16H15Cl2NO2/c17-15-8-14(9-16(18)19-15)21-13-6-12(7-13)20-10-11-4-2-1-3-5-11/h1-5,8-9,12-13H,6-7,10H2. The molecule has 0 radical (unpaired) electrons. The Bertz CT molecular complexity index is 580. The zero-order valence-corrected chi connectivity index (χ0v) is 12.8. The maximum absolute atomic E-state index is 5.84. The largest absolute Gasteiger partial charge is 0.490 e. The van der Waals surface area contributed by atoms with Crippen molar-refractivity contribution in [2.45, 2.75) is 31.7 Å². The minimum absolute atomic E-state index is 0.153. The Hall–Kier alpha value is -1.29. The van der Waals surface area contributed by atoms with Crippen LogP contribution in [0.15, 0.2) is 42.5 Å². The fraction of sp³-hybridized carbons (Fsp3) is 0.312. The third kappa shape index (κ3) is 4.10. The molecule has 1 saturated carbocycles. The number of hydrogen-bond donors (Lipinski definition) is 0. The van der Waals surface area contributed by atoms with E-state index in [1.165, 1.54) is 5.56 Å². The molecule has 1 aromatic carbocycles. The van der Waals surface area contributed by atoms with E-state index in [2.05, 4.69) is 17.1 Å². The van der Waals surface area contributed by atoms with Gasteiger partial charge in [-0.1, -0.05) is 53.5 Å². The Morgan fingerprint density at radius 2 is 1.67 bits per heavy atom. The molecule has 1 aliphatic carbocycles. The van der Waals surface area contributed by atoms with Gasteiger partial charge in [-0.05, 0) is 5.56 Å². The summed E-state index contributed by atoms with van der Waals surface area (Å²) in [4.78, 5) is 3.89. The maximum Gasteiger partial charge on any atom is 0.134 e. The summed E-state index contributed by atoms with van der Waals surface area (Å²) < 4.78 is 11.6. The van der Waals surface area contributed by atoms with Crippen LogP contribution in [0.5, 0.6) is 5.75 Å². The number of pyridine rings is 1. The van der Waals surface area contributed by atoms with Crippen molar-refractivity contribution >= 4 is 23.2 Å². The predicted molar refractivity (Wildman–Crippen MR) is 82.9 cm³/mol. The fourth-order valence-electron chi connectivity index (χ4n) is 2.24. The first-order valence-electron chi connectivity index (χ1n) is 6.84. The minimum atomic E-state index is 0.153. The Balaban J connectivity index is 1.43. The van der Waals surface area contributed by atoms with Gasteiger partial charge in [0.2, 0.25) is 0 Å². The average molecular weight is 324 g/mol. The summed E-state index contributed by atoms with van der Waals surface area (Å²) in [5, 5.41) is 0.683. The van der Waals surface area contributed by atoms with Gasteiger partial charge in [-0.25, -0.2) is 4.98 Å². The summed E-state index contributed by atoms with van der Waals surface area (Å²) in [7, 11) is 0. The zero-order chi connectivity index (χ0) is 14.7. The van der Waals surface area contributed by atoms with Crippen LogP contribution in [0.2, 0.25) is 10.3 Å². The van der Waals surface area contributed by atoms with Crippen LogP contribution in [0.4, 0.5) is 0 Å². The Labute approximate surface area is 133 Å². The summed E-state index contributed by atoms with van der Waals surface area (Å²) in [6.07, 6.45) is 2.16. The molecule has 1 heterocycles. The number of benzene rings is 1. The molecule has 1 fully saturated rings. The van der Waals surface area contributed by atoms with Crippen LogP contribution < -0.4 is 4.74 Å². The monoisotopic (exact) mass is 323 g/mol. The second-order valence-corrected chi connectivity index (χ2v) is 5.85. The van der Waals surface area contributed by atoms with E-state index >= 15 is 0 Å². The molecule has 0 N–H and O–H groups in total. The number of ether oxygens (including phenoxy) is 2. The van der Waals surface area contributed by atoms with E-state index in [1.807, 2.05) is 18.2 Å². The van der Waals surface area contributed by atoms with Crippen molar-refractivity contribution in [3.63, 3.8) is 0 Å². The van der Waals surface area contributed by atoms with Crippen molar-refractivity contribution in [3.05, 3.63) is 58.3 Å². The number of aromatic nitrogens is 1. The molecule has 110 valence electrons. The maximum atomic E-state index is 5.84. The van der Waals surface area contributed by atoms with Crippen LogP contribution in [0.1, 0.15) is 18.4 Å². The van der Waals surface area contributed by atoms with Crippen LogP contribution in [0, 0.1) is 0 Å². The lowest BCUT2D eigenvalue weighted by Crippen LogP contribution is -2.39. The smallest absolute Gasteiger partial charge is 0.134 e. The summed E-state index contributed by atoms with van der Waals surface area (Å²) in [6, 6.07) is 13.5. The van der Waals surface area contributed by atoms with E-state index in [-0.39, 0.29) is 12.2 Å². The molecule has 3 rings (SSSR count). The molecule has 0 unspecified atom stereocenters. The molecule has 0 amide bonds. The van der Waals surface area contributed by atoms with Crippen molar-refractivity contribution in [2.75, 3.05) is 0 Å². The van der Waals surface area contributed by atoms with E-state index in [0.29, 0.717) is 22.7 Å². The molecular weight excluding hydrogens is 309 g/mol. The van der Waals surface area contributed by atoms with Gasteiger partial charge in [0.1, 0.15) is 22.2 Å². The second-order valence-electron chi connectivity index (χ2n) is 5.08.